The first-order valence-electron chi connectivity index (χ1n) is 6.80. The zero-order valence-electron chi connectivity index (χ0n) is 11.6. The van der Waals surface area contributed by atoms with Crippen LogP contribution in [-0.4, -0.2) is 6.61 Å². The van der Waals surface area contributed by atoms with E-state index in [2.05, 4.69) is 46.8 Å². The van der Waals surface area contributed by atoms with Gasteiger partial charge >= 0.3 is 0 Å². The summed E-state index contributed by atoms with van der Waals surface area (Å²) < 4.78 is 7.06. The lowest BCUT2D eigenvalue weighted by Crippen LogP contribution is -1.98. The lowest BCUT2D eigenvalue weighted by atomic mass is 9.97. The summed E-state index contributed by atoms with van der Waals surface area (Å²) in [6, 6.07) is 14.4. The smallest absolute Gasteiger partial charge is 0.135 e. The van der Waals surface area contributed by atoms with Gasteiger partial charge in [0.05, 0.1) is 0 Å². The molecule has 0 atom stereocenters. The fourth-order valence-corrected chi connectivity index (χ4v) is 2.59. The number of allylic oxidation sites excluding steroid dienone is 4. The van der Waals surface area contributed by atoms with Crippen molar-refractivity contribution in [3.63, 3.8) is 0 Å². The van der Waals surface area contributed by atoms with Gasteiger partial charge in [-0.2, -0.15) is 0 Å². The van der Waals surface area contributed by atoms with E-state index >= 15 is 0 Å². The molecule has 0 amide bonds. The summed E-state index contributed by atoms with van der Waals surface area (Å²) in [5, 5.41) is 0. The van der Waals surface area contributed by atoms with Crippen molar-refractivity contribution in [2.24, 2.45) is 0 Å². The van der Waals surface area contributed by atoms with Gasteiger partial charge in [-0.1, -0.05) is 71.1 Å². The Morgan fingerprint density at radius 1 is 0.952 bits per heavy atom. The van der Waals surface area contributed by atoms with Crippen molar-refractivity contribution in [3.8, 4) is 16.9 Å². The summed E-state index contributed by atoms with van der Waals surface area (Å²) >= 11 is 3.47. The Bertz CT molecular complexity index is 724. The van der Waals surface area contributed by atoms with E-state index in [9.17, 15) is 0 Å². The van der Waals surface area contributed by atoms with E-state index < -0.39 is 0 Å². The van der Waals surface area contributed by atoms with Crippen molar-refractivity contribution in [1.82, 2.24) is 0 Å². The molecule has 1 aliphatic rings. The molecule has 1 aliphatic heterocycles. The molecule has 0 spiro atoms. The summed E-state index contributed by atoms with van der Waals surface area (Å²) in [5.74, 6) is 0.890. The number of halogens is 1. The van der Waals surface area contributed by atoms with E-state index in [0.29, 0.717) is 6.61 Å². The normalized spacial score (nSPS) is 16.9. The highest BCUT2D eigenvalue weighted by molar-refractivity contribution is 9.10. The lowest BCUT2D eigenvalue weighted by Gasteiger charge is -2.15. The minimum Gasteiger partial charge on any atom is -0.488 e. The molecule has 0 aromatic heterocycles. The molecule has 1 heterocycles. The third-order valence-electron chi connectivity index (χ3n) is 3.38. The van der Waals surface area contributed by atoms with Crippen LogP contribution >= 0.6 is 15.9 Å². The molecular formula is C19H15BrO. The molecule has 2 heteroatoms. The van der Waals surface area contributed by atoms with Gasteiger partial charge in [0.2, 0.25) is 0 Å². The van der Waals surface area contributed by atoms with Crippen LogP contribution in [-0.2, 0) is 0 Å². The average molecular weight is 339 g/mol. The van der Waals surface area contributed by atoms with Gasteiger partial charge in [0.15, 0.2) is 0 Å². The van der Waals surface area contributed by atoms with Crippen LogP contribution in [0.2, 0.25) is 0 Å². The summed E-state index contributed by atoms with van der Waals surface area (Å²) in [6.45, 7) is 4.69. The van der Waals surface area contributed by atoms with Gasteiger partial charge in [-0.3, -0.25) is 0 Å². The van der Waals surface area contributed by atoms with Gasteiger partial charge in [0.25, 0.3) is 0 Å². The number of ether oxygens (including phenoxy) is 1. The van der Waals surface area contributed by atoms with Crippen LogP contribution in [0.25, 0.3) is 16.7 Å². The summed E-state index contributed by atoms with van der Waals surface area (Å²) in [5.41, 5.74) is 4.21. The molecule has 3 rings (SSSR count). The Balaban J connectivity index is 2.15. The second kappa shape index (κ2) is 6.15. The summed E-state index contributed by atoms with van der Waals surface area (Å²) in [7, 11) is 0. The number of fused-ring (bicyclic) bond motifs is 1. The molecular weight excluding hydrogens is 324 g/mol. The third kappa shape index (κ3) is 3.01. The second-order valence-corrected chi connectivity index (χ2v) is 5.73. The zero-order chi connectivity index (χ0) is 14.7. The first kappa shape index (κ1) is 13.9. The molecule has 21 heavy (non-hydrogen) atoms. The standard InChI is InChI=1S/C19H15BrO/c1-14-6-3-2-4-13-21-19-17(14)7-5-8-18(19)15-9-11-16(20)12-10-15/h2-12H,1,13H2/b4-2-,6-3-. The van der Waals surface area contributed by atoms with Crippen LogP contribution in [0.5, 0.6) is 5.75 Å². The maximum Gasteiger partial charge on any atom is 0.135 e. The van der Waals surface area contributed by atoms with E-state index in [0.717, 1.165) is 32.5 Å². The quantitative estimate of drug-likeness (QED) is 0.654. The van der Waals surface area contributed by atoms with Crippen LogP contribution in [0.4, 0.5) is 0 Å². The Hall–Kier alpha value is -2.06. The van der Waals surface area contributed by atoms with Crippen molar-refractivity contribution in [3.05, 3.63) is 83.4 Å². The minimum absolute atomic E-state index is 0.554. The summed E-state index contributed by atoms with van der Waals surface area (Å²) in [6.07, 6.45) is 7.98. The molecule has 0 bridgehead atoms. The Kier molecular flexibility index (Phi) is 4.07. The molecule has 0 unspecified atom stereocenters. The highest BCUT2D eigenvalue weighted by Crippen LogP contribution is 2.37. The van der Waals surface area contributed by atoms with Crippen LogP contribution < -0.4 is 4.74 Å². The van der Waals surface area contributed by atoms with Crippen molar-refractivity contribution < 1.29 is 4.74 Å². The van der Waals surface area contributed by atoms with Gasteiger partial charge in [0.1, 0.15) is 12.4 Å². The number of rotatable bonds is 1. The Morgan fingerprint density at radius 3 is 2.52 bits per heavy atom. The van der Waals surface area contributed by atoms with Gasteiger partial charge in [0, 0.05) is 15.6 Å². The van der Waals surface area contributed by atoms with Gasteiger partial charge < -0.3 is 4.74 Å². The molecule has 2 aromatic rings. The first-order chi connectivity index (χ1) is 10.3. The van der Waals surface area contributed by atoms with Crippen molar-refractivity contribution >= 4 is 21.5 Å². The molecule has 0 fully saturated rings. The fraction of sp³-hybridized carbons (Fsp3) is 0.0526. The zero-order valence-corrected chi connectivity index (χ0v) is 13.1. The predicted molar refractivity (Wildman–Crippen MR) is 92.4 cm³/mol. The maximum atomic E-state index is 6.00. The van der Waals surface area contributed by atoms with Gasteiger partial charge in [-0.05, 0) is 29.3 Å². The maximum absolute atomic E-state index is 6.00. The number of hydrogen-bond acceptors (Lipinski definition) is 1. The van der Waals surface area contributed by atoms with Crippen molar-refractivity contribution in [2.75, 3.05) is 6.61 Å². The SMILES string of the molecule is C=C1/C=C\C=C/COc2c1cccc2-c1ccc(Br)cc1. The van der Waals surface area contributed by atoms with Crippen LogP contribution in [0.15, 0.2) is 77.8 Å². The van der Waals surface area contributed by atoms with E-state index in [1.165, 1.54) is 0 Å². The first-order valence-corrected chi connectivity index (χ1v) is 7.59. The van der Waals surface area contributed by atoms with E-state index in [-0.39, 0.29) is 0 Å². The van der Waals surface area contributed by atoms with Gasteiger partial charge in [-0.25, -0.2) is 0 Å². The molecule has 0 N–H and O–H groups in total. The largest absolute Gasteiger partial charge is 0.488 e. The van der Waals surface area contributed by atoms with Crippen LogP contribution in [0.3, 0.4) is 0 Å². The lowest BCUT2D eigenvalue weighted by molar-refractivity contribution is 0.363. The van der Waals surface area contributed by atoms with Crippen LogP contribution in [0.1, 0.15) is 5.56 Å². The van der Waals surface area contributed by atoms with Crippen molar-refractivity contribution in [2.45, 2.75) is 0 Å². The predicted octanol–water partition coefficient (Wildman–Crippen LogP) is 5.63. The molecule has 1 nitrogen and oxygen atoms in total. The molecule has 2 aromatic carbocycles. The monoisotopic (exact) mass is 338 g/mol. The minimum atomic E-state index is 0.554. The number of benzene rings is 2. The topological polar surface area (TPSA) is 9.23 Å². The molecule has 0 saturated heterocycles. The highest BCUT2D eigenvalue weighted by atomic mass is 79.9. The molecule has 0 aliphatic carbocycles. The van der Waals surface area contributed by atoms with E-state index in [1.807, 2.05) is 42.5 Å². The molecule has 0 saturated carbocycles. The second-order valence-electron chi connectivity index (χ2n) is 4.81. The Labute approximate surface area is 133 Å². The summed E-state index contributed by atoms with van der Waals surface area (Å²) in [4.78, 5) is 0. The van der Waals surface area contributed by atoms with Gasteiger partial charge in [-0.15, -0.1) is 0 Å². The van der Waals surface area contributed by atoms with E-state index in [1.54, 1.807) is 0 Å². The van der Waals surface area contributed by atoms with Crippen molar-refractivity contribution in [1.29, 1.82) is 0 Å². The van der Waals surface area contributed by atoms with E-state index in [4.69, 9.17) is 4.74 Å². The molecule has 104 valence electrons. The van der Waals surface area contributed by atoms with Crippen LogP contribution in [0, 0.1) is 0 Å². The molecule has 0 radical (unpaired) electrons. The average Bonchev–Trinajstić information content (AvgIpc) is 2.59. The number of para-hydroxylation sites is 1. The Morgan fingerprint density at radius 2 is 1.71 bits per heavy atom. The third-order valence-corrected chi connectivity index (χ3v) is 3.91. The highest BCUT2D eigenvalue weighted by Gasteiger charge is 2.13. The fourth-order valence-electron chi connectivity index (χ4n) is 2.33. The number of hydrogen-bond donors (Lipinski definition) is 0.